The summed E-state index contributed by atoms with van der Waals surface area (Å²) < 4.78 is 6.34. The maximum absolute atomic E-state index is 6.34. The highest BCUT2D eigenvalue weighted by Gasteiger charge is 2.17. The van der Waals surface area contributed by atoms with Gasteiger partial charge in [0, 0.05) is 44.3 Å². The number of fused-ring (bicyclic) bond motifs is 8. The molecule has 8 aromatic rings. The summed E-state index contributed by atoms with van der Waals surface area (Å²) in [5, 5.41) is 6.80. The maximum atomic E-state index is 6.34. The topological polar surface area (TPSA) is 38.9 Å². The molecule has 0 unspecified atom stereocenters. The lowest BCUT2D eigenvalue weighted by molar-refractivity contribution is 0.670. The van der Waals surface area contributed by atoms with Crippen LogP contribution in [-0.2, 0) is 0 Å². The van der Waals surface area contributed by atoms with Crippen LogP contribution >= 0.6 is 0 Å². The van der Waals surface area contributed by atoms with Crippen LogP contribution in [0.1, 0.15) is 0 Å². The Bertz CT molecular complexity index is 2140. The summed E-state index contributed by atoms with van der Waals surface area (Å²) in [6.07, 6.45) is 1.95. The van der Waals surface area contributed by atoms with Gasteiger partial charge in [0.1, 0.15) is 11.2 Å². The van der Waals surface area contributed by atoms with E-state index < -0.39 is 0 Å². The molecule has 37 heavy (non-hydrogen) atoms. The standard InChI is InChI=1S/C34H20N2O/c1-2-9-21(10-3-1)32-33-31(24-12-5-4-11-23(24)20-35-33)28-18-17-22(19-29(28)36-32)25-14-8-15-27-26-13-6-7-16-30(26)37-34(25)27/h1-20H. The minimum Gasteiger partial charge on any atom is -0.455 e. The van der Waals surface area contributed by atoms with Crippen molar-refractivity contribution in [2.24, 2.45) is 0 Å². The zero-order chi connectivity index (χ0) is 24.3. The van der Waals surface area contributed by atoms with Crippen molar-refractivity contribution in [3.63, 3.8) is 0 Å². The molecule has 8 rings (SSSR count). The van der Waals surface area contributed by atoms with Crippen molar-refractivity contribution in [3.8, 4) is 22.4 Å². The van der Waals surface area contributed by atoms with Gasteiger partial charge in [0.15, 0.2) is 0 Å². The van der Waals surface area contributed by atoms with Crippen LogP contribution in [0.15, 0.2) is 126 Å². The lowest BCUT2D eigenvalue weighted by atomic mass is 9.96. The van der Waals surface area contributed by atoms with Gasteiger partial charge in [-0.3, -0.25) is 4.98 Å². The first-order chi connectivity index (χ1) is 18.3. The molecule has 0 bridgehead atoms. The third-order valence-corrected chi connectivity index (χ3v) is 7.29. The van der Waals surface area contributed by atoms with Crippen LogP contribution in [0.4, 0.5) is 0 Å². The van der Waals surface area contributed by atoms with Crippen molar-refractivity contribution in [1.29, 1.82) is 0 Å². The molecule has 0 aliphatic carbocycles. The molecular weight excluding hydrogens is 452 g/mol. The maximum Gasteiger partial charge on any atom is 0.143 e. The van der Waals surface area contributed by atoms with Crippen LogP contribution in [0.2, 0.25) is 0 Å². The SMILES string of the molecule is c1ccc(-c2nc3cc(-c4cccc5c4oc4ccccc45)ccc3c3c2ncc2ccccc23)cc1. The van der Waals surface area contributed by atoms with Gasteiger partial charge in [0.25, 0.3) is 0 Å². The van der Waals surface area contributed by atoms with Crippen LogP contribution in [0.25, 0.3) is 76.9 Å². The third kappa shape index (κ3) is 3.01. The van der Waals surface area contributed by atoms with Crippen LogP contribution < -0.4 is 0 Å². The smallest absolute Gasteiger partial charge is 0.143 e. The molecule has 3 nitrogen and oxygen atoms in total. The minimum absolute atomic E-state index is 0.896. The zero-order valence-electron chi connectivity index (χ0n) is 19.8. The molecule has 0 saturated heterocycles. The number of hydrogen-bond acceptors (Lipinski definition) is 3. The van der Waals surface area contributed by atoms with Gasteiger partial charge >= 0.3 is 0 Å². The number of pyridine rings is 2. The number of furan rings is 1. The average Bonchev–Trinajstić information content (AvgIpc) is 3.35. The molecule has 0 amide bonds. The number of nitrogens with zero attached hydrogens (tertiary/aromatic N) is 2. The van der Waals surface area contributed by atoms with Gasteiger partial charge in [-0.15, -0.1) is 0 Å². The first-order valence-electron chi connectivity index (χ1n) is 12.4. The molecule has 0 saturated carbocycles. The molecule has 3 aromatic heterocycles. The second-order valence-corrected chi connectivity index (χ2v) is 9.41. The molecule has 0 spiro atoms. The molecule has 0 fully saturated rings. The first kappa shape index (κ1) is 20.2. The predicted molar refractivity (Wildman–Crippen MR) is 153 cm³/mol. The summed E-state index contributed by atoms with van der Waals surface area (Å²) in [4.78, 5) is 10.1. The van der Waals surface area contributed by atoms with E-state index in [2.05, 4.69) is 84.9 Å². The van der Waals surface area contributed by atoms with Crippen molar-refractivity contribution < 1.29 is 4.42 Å². The van der Waals surface area contributed by atoms with Crippen LogP contribution in [0, 0.1) is 0 Å². The largest absolute Gasteiger partial charge is 0.455 e. The van der Waals surface area contributed by atoms with Gasteiger partial charge in [-0.05, 0) is 23.1 Å². The van der Waals surface area contributed by atoms with E-state index in [9.17, 15) is 0 Å². The van der Waals surface area contributed by atoms with E-state index in [0.717, 1.165) is 71.5 Å². The minimum atomic E-state index is 0.896. The van der Waals surface area contributed by atoms with Gasteiger partial charge < -0.3 is 4.42 Å². The number of aromatic nitrogens is 2. The highest BCUT2D eigenvalue weighted by molar-refractivity contribution is 6.21. The summed E-state index contributed by atoms with van der Waals surface area (Å²) in [6, 6.07) is 39.9. The molecule has 0 radical (unpaired) electrons. The van der Waals surface area contributed by atoms with Gasteiger partial charge in [-0.25, -0.2) is 4.98 Å². The molecule has 0 aliphatic rings. The Balaban J connectivity index is 1.47. The quantitative estimate of drug-likeness (QED) is 0.235. The predicted octanol–water partition coefficient (Wildman–Crippen LogP) is 9.17. The number of para-hydroxylation sites is 2. The summed E-state index contributed by atoms with van der Waals surface area (Å²) in [6.45, 7) is 0. The number of benzene rings is 5. The van der Waals surface area contributed by atoms with E-state index in [1.54, 1.807) is 0 Å². The molecule has 0 atom stereocenters. The van der Waals surface area contributed by atoms with Crippen LogP contribution in [0.3, 0.4) is 0 Å². The summed E-state index contributed by atoms with van der Waals surface area (Å²) in [5.41, 5.74) is 7.76. The molecular formula is C34H20N2O. The van der Waals surface area contributed by atoms with Gasteiger partial charge in [0.05, 0.1) is 16.7 Å². The zero-order valence-corrected chi connectivity index (χ0v) is 19.8. The highest BCUT2D eigenvalue weighted by Crippen LogP contribution is 2.39. The van der Waals surface area contributed by atoms with E-state index in [4.69, 9.17) is 14.4 Å². The molecule has 0 N–H and O–H groups in total. The van der Waals surface area contributed by atoms with Crippen molar-refractivity contribution in [1.82, 2.24) is 9.97 Å². The Morgan fingerprint density at radius 2 is 1.35 bits per heavy atom. The lowest BCUT2D eigenvalue weighted by Gasteiger charge is -2.13. The normalized spacial score (nSPS) is 11.8. The van der Waals surface area contributed by atoms with E-state index in [-0.39, 0.29) is 0 Å². The molecule has 5 aromatic carbocycles. The van der Waals surface area contributed by atoms with Crippen molar-refractivity contribution in [2.75, 3.05) is 0 Å². The molecule has 0 aliphatic heterocycles. The van der Waals surface area contributed by atoms with Crippen LogP contribution in [-0.4, -0.2) is 9.97 Å². The Morgan fingerprint density at radius 3 is 2.27 bits per heavy atom. The molecule has 172 valence electrons. The number of hydrogen-bond donors (Lipinski definition) is 0. The number of rotatable bonds is 2. The fourth-order valence-electron chi connectivity index (χ4n) is 5.56. The van der Waals surface area contributed by atoms with E-state index in [1.165, 1.54) is 5.39 Å². The second-order valence-electron chi connectivity index (χ2n) is 9.41. The fraction of sp³-hybridized carbons (Fsp3) is 0. The van der Waals surface area contributed by atoms with Crippen molar-refractivity contribution >= 4 is 54.5 Å². The monoisotopic (exact) mass is 472 g/mol. The Morgan fingerprint density at radius 1 is 0.568 bits per heavy atom. The second kappa shape index (κ2) is 7.74. The van der Waals surface area contributed by atoms with E-state index in [1.807, 2.05) is 36.5 Å². The molecule has 3 heteroatoms. The van der Waals surface area contributed by atoms with Gasteiger partial charge in [0.2, 0.25) is 0 Å². The average molecular weight is 473 g/mol. The summed E-state index contributed by atoms with van der Waals surface area (Å²) in [7, 11) is 0. The first-order valence-corrected chi connectivity index (χ1v) is 12.4. The van der Waals surface area contributed by atoms with Gasteiger partial charge in [-0.1, -0.05) is 103 Å². The third-order valence-electron chi connectivity index (χ3n) is 7.29. The van der Waals surface area contributed by atoms with E-state index in [0.29, 0.717) is 0 Å². The van der Waals surface area contributed by atoms with Crippen LogP contribution in [0.5, 0.6) is 0 Å². The van der Waals surface area contributed by atoms with Gasteiger partial charge in [-0.2, -0.15) is 0 Å². The van der Waals surface area contributed by atoms with Crippen molar-refractivity contribution in [2.45, 2.75) is 0 Å². The summed E-state index contributed by atoms with van der Waals surface area (Å²) >= 11 is 0. The molecule has 3 heterocycles. The Hall–Kier alpha value is -5.02. The highest BCUT2D eigenvalue weighted by atomic mass is 16.3. The lowest BCUT2D eigenvalue weighted by Crippen LogP contribution is -1.93. The Labute approximate surface area is 212 Å². The van der Waals surface area contributed by atoms with E-state index >= 15 is 0 Å². The summed E-state index contributed by atoms with van der Waals surface area (Å²) in [5.74, 6) is 0. The Kier molecular flexibility index (Phi) is 4.23. The van der Waals surface area contributed by atoms with Crippen molar-refractivity contribution in [3.05, 3.63) is 121 Å². The fourth-order valence-corrected chi connectivity index (χ4v) is 5.56.